The predicted molar refractivity (Wildman–Crippen MR) is 83.3 cm³/mol. The van der Waals surface area contributed by atoms with E-state index in [4.69, 9.17) is 32.4 Å². The van der Waals surface area contributed by atoms with Crippen LogP contribution in [0.4, 0.5) is 0 Å². The van der Waals surface area contributed by atoms with Gasteiger partial charge in [0.2, 0.25) is 0 Å². The van der Waals surface area contributed by atoms with Crippen LogP contribution < -0.4 is 10.1 Å². The van der Waals surface area contributed by atoms with Gasteiger partial charge in [-0.2, -0.15) is 0 Å². The Bertz CT molecular complexity index is 616. The third-order valence-electron chi connectivity index (χ3n) is 2.86. The van der Waals surface area contributed by atoms with Crippen molar-refractivity contribution in [1.29, 1.82) is 0 Å². The van der Waals surface area contributed by atoms with E-state index in [0.29, 0.717) is 34.5 Å². The van der Waals surface area contributed by atoms with Crippen LogP contribution in [0.15, 0.2) is 41.0 Å². The number of benzene rings is 1. The van der Waals surface area contributed by atoms with E-state index in [0.717, 1.165) is 0 Å². The third kappa shape index (κ3) is 4.94. The molecule has 1 aromatic carbocycles. The molecule has 2 aromatic rings. The summed E-state index contributed by atoms with van der Waals surface area (Å²) in [5.41, 5.74) is 0. The summed E-state index contributed by atoms with van der Waals surface area (Å²) in [6.45, 7) is 0.136. The van der Waals surface area contributed by atoms with Crippen molar-refractivity contribution in [2.75, 3.05) is 13.2 Å². The molecule has 0 radical (unpaired) electrons. The molecule has 0 aliphatic carbocycles. The van der Waals surface area contributed by atoms with Gasteiger partial charge in [-0.1, -0.05) is 23.2 Å². The second-order valence-electron chi connectivity index (χ2n) is 4.53. The first-order valence-electron chi connectivity index (χ1n) is 6.62. The fraction of sp³-hybridized carbons (Fsp3) is 0.267. The van der Waals surface area contributed by atoms with Crippen molar-refractivity contribution in [1.82, 2.24) is 5.32 Å². The molecule has 5 nitrogen and oxygen atoms in total. The zero-order chi connectivity index (χ0) is 15.9. The number of aliphatic hydroxyl groups excluding tert-OH is 1. The van der Waals surface area contributed by atoms with Gasteiger partial charge in [0, 0.05) is 11.6 Å². The molecule has 0 saturated heterocycles. The first kappa shape index (κ1) is 16.7. The van der Waals surface area contributed by atoms with E-state index in [-0.39, 0.29) is 12.5 Å². The number of carbonyl (C=O) groups excluding carboxylic acids is 1. The summed E-state index contributed by atoms with van der Waals surface area (Å²) in [5.74, 6) is 0.549. The average Bonchev–Trinajstić information content (AvgIpc) is 3.00. The number of nitrogens with one attached hydrogen (secondary N) is 1. The molecule has 0 aliphatic heterocycles. The Morgan fingerprint density at radius 1 is 1.36 bits per heavy atom. The molecule has 1 atom stereocenters. The van der Waals surface area contributed by atoms with Crippen LogP contribution in [0.1, 0.15) is 18.3 Å². The molecule has 22 heavy (non-hydrogen) atoms. The summed E-state index contributed by atoms with van der Waals surface area (Å²) in [6, 6.07) is 8.13. The van der Waals surface area contributed by atoms with Crippen LogP contribution in [-0.2, 0) is 4.79 Å². The summed E-state index contributed by atoms with van der Waals surface area (Å²) < 4.78 is 10.4. The van der Waals surface area contributed by atoms with E-state index in [1.54, 1.807) is 24.3 Å². The van der Waals surface area contributed by atoms with E-state index < -0.39 is 6.10 Å². The molecule has 0 fully saturated rings. The van der Waals surface area contributed by atoms with Gasteiger partial charge in [0.15, 0.2) is 6.61 Å². The topological polar surface area (TPSA) is 71.7 Å². The largest absolute Gasteiger partial charge is 0.482 e. The molecule has 0 aliphatic rings. The number of furan rings is 1. The molecule has 2 rings (SSSR count). The van der Waals surface area contributed by atoms with Gasteiger partial charge in [-0.3, -0.25) is 4.79 Å². The highest BCUT2D eigenvalue weighted by Gasteiger charge is 2.11. The Kier molecular flexibility index (Phi) is 6.12. The lowest BCUT2D eigenvalue weighted by Gasteiger charge is -2.10. The number of halogens is 2. The smallest absolute Gasteiger partial charge is 0.257 e. The van der Waals surface area contributed by atoms with Crippen molar-refractivity contribution < 1.29 is 19.1 Å². The number of hydrogen-bond acceptors (Lipinski definition) is 4. The molecular weight excluding hydrogens is 329 g/mol. The molecule has 0 bridgehead atoms. The number of carbonyl (C=O) groups is 1. The lowest BCUT2D eigenvalue weighted by atomic mass is 10.2. The van der Waals surface area contributed by atoms with Gasteiger partial charge in [-0.25, -0.2) is 0 Å². The van der Waals surface area contributed by atoms with Crippen molar-refractivity contribution in [3.63, 3.8) is 0 Å². The quantitative estimate of drug-likeness (QED) is 0.809. The van der Waals surface area contributed by atoms with E-state index in [1.165, 1.54) is 12.3 Å². The Labute approximate surface area is 137 Å². The van der Waals surface area contributed by atoms with Crippen LogP contribution in [0, 0.1) is 0 Å². The Hall–Kier alpha value is -1.69. The number of amides is 1. The molecule has 1 amide bonds. The number of aliphatic hydroxyl groups is 1. The standard InChI is InChI=1S/C15H15Cl2NO4/c16-10-3-4-13(11(17)8-10)22-9-15(20)18-6-5-12(19)14-2-1-7-21-14/h1-4,7-8,12,19H,5-6,9H2,(H,18,20). The Morgan fingerprint density at radius 3 is 2.86 bits per heavy atom. The van der Waals surface area contributed by atoms with E-state index in [9.17, 15) is 9.90 Å². The van der Waals surface area contributed by atoms with Crippen LogP contribution in [0.3, 0.4) is 0 Å². The average molecular weight is 344 g/mol. The van der Waals surface area contributed by atoms with Crippen LogP contribution in [0.5, 0.6) is 5.75 Å². The maximum atomic E-state index is 11.7. The molecule has 1 heterocycles. The van der Waals surface area contributed by atoms with Gasteiger partial charge in [-0.15, -0.1) is 0 Å². The maximum Gasteiger partial charge on any atom is 0.257 e. The Balaban J connectivity index is 1.70. The monoisotopic (exact) mass is 343 g/mol. The molecule has 0 saturated carbocycles. The van der Waals surface area contributed by atoms with E-state index in [2.05, 4.69) is 5.32 Å². The van der Waals surface area contributed by atoms with Crippen molar-refractivity contribution in [3.05, 3.63) is 52.4 Å². The molecule has 0 spiro atoms. The van der Waals surface area contributed by atoms with Gasteiger partial charge in [0.25, 0.3) is 5.91 Å². The normalized spacial score (nSPS) is 12.0. The van der Waals surface area contributed by atoms with E-state index in [1.807, 2.05) is 0 Å². The fourth-order valence-corrected chi connectivity index (χ4v) is 2.22. The van der Waals surface area contributed by atoms with E-state index >= 15 is 0 Å². The summed E-state index contributed by atoms with van der Waals surface area (Å²) in [6.07, 6.45) is 1.09. The van der Waals surface area contributed by atoms with Gasteiger partial charge >= 0.3 is 0 Å². The van der Waals surface area contributed by atoms with Crippen molar-refractivity contribution in [2.24, 2.45) is 0 Å². The molecule has 7 heteroatoms. The number of ether oxygens (including phenoxy) is 1. The minimum Gasteiger partial charge on any atom is -0.482 e. The van der Waals surface area contributed by atoms with Crippen LogP contribution in [-0.4, -0.2) is 24.2 Å². The minimum absolute atomic E-state index is 0.168. The second kappa shape index (κ2) is 8.08. The number of rotatable bonds is 7. The Morgan fingerprint density at radius 2 is 2.18 bits per heavy atom. The fourth-order valence-electron chi connectivity index (χ4n) is 1.76. The number of hydrogen-bond donors (Lipinski definition) is 2. The van der Waals surface area contributed by atoms with Crippen LogP contribution >= 0.6 is 23.2 Å². The summed E-state index contributed by atoms with van der Waals surface area (Å²) in [7, 11) is 0. The minimum atomic E-state index is -0.748. The van der Waals surface area contributed by atoms with Gasteiger partial charge in [0.1, 0.15) is 17.6 Å². The lowest BCUT2D eigenvalue weighted by Crippen LogP contribution is -2.30. The molecular formula is C15H15Cl2NO4. The predicted octanol–water partition coefficient (Wildman–Crippen LogP) is 3.21. The van der Waals surface area contributed by atoms with Gasteiger partial charge in [0.05, 0.1) is 11.3 Å². The van der Waals surface area contributed by atoms with Crippen molar-refractivity contribution >= 4 is 29.1 Å². The summed E-state index contributed by atoms with van der Waals surface area (Å²) in [5, 5.41) is 13.3. The molecule has 1 aromatic heterocycles. The highest BCUT2D eigenvalue weighted by atomic mass is 35.5. The van der Waals surface area contributed by atoms with Crippen LogP contribution in [0.2, 0.25) is 10.0 Å². The first-order chi connectivity index (χ1) is 10.6. The van der Waals surface area contributed by atoms with Crippen molar-refractivity contribution in [2.45, 2.75) is 12.5 Å². The zero-order valence-corrected chi connectivity index (χ0v) is 13.1. The van der Waals surface area contributed by atoms with Crippen LogP contribution in [0.25, 0.3) is 0 Å². The summed E-state index contributed by atoms with van der Waals surface area (Å²) in [4.78, 5) is 11.7. The van der Waals surface area contributed by atoms with Gasteiger partial charge < -0.3 is 19.6 Å². The second-order valence-corrected chi connectivity index (χ2v) is 5.38. The first-order valence-corrected chi connectivity index (χ1v) is 7.38. The molecule has 118 valence electrons. The summed E-state index contributed by atoms with van der Waals surface area (Å²) >= 11 is 11.7. The lowest BCUT2D eigenvalue weighted by molar-refractivity contribution is -0.123. The molecule has 2 N–H and O–H groups in total. The highest BCUT2D eigenvalue weighted by molar-refractivity contribution is 6.35. The SMILES string of the molecule is O=C(COc1ccc(Cl)cc1Cl)NCCC(O)c1ccco1. The highest BCUT2D eigenvalue weighted by Crippen LogP contribution is 2.27. The zero-order valence-electron chi connectivity index (χ0n) is 11.6. The van der Waals surface area contributed by atoms with Crippen molar-refractivity contribution in [3.8, 4) is 5.75 Å². The molecule has 1 unspecified atom stereocenters. The van der Waals surface area contributed by atoms with Gasteiger partial charge in [-0.05, 0) is 36.8 Å². The maximum absolute atomic E-state index is 11.7. The third-order valence-corrected chi connectivity index (χ3v) is 3.39.